The van der Waals surface area contributed by atoms with Gasteiger partial charge in [0.1, 0.15) is 0 Å². The Labute approximate surface area is 113 Å². The standard InChI is InChI=1S/C15H22N2O2/c1-15(2,10-16-7-11(19)9-18)13-8-17-14-6-4-3-5-12(13)14/h3-6,8,11,16-19H,7,9-10H2,1-2H3. The number of para-hydroxylation sites is 1. The molecule has 1 aromatic heterocycles. The summed E-state index contributed by atoms with van der Waals surface area (Å²) in [7, 11) is 0. The van der Waals surface area contributed by atoms with Gasteiger partial charge in [-0.25, -0.2) is 0 Å². The third-order valence-corrected chi connectivity index (χ3v) is 3.48. The highest BCUT2D eigenvalue weighted by atomic mass is 16.3. The Hall–Kier alpha value is -1.36. The lowest BCUT2D eigenvalue weighted by Crippen LogP contribution is -2.38. The van der Waals surface area contributed by atoms with Crippen molar-refractivity contribution in [1.29, 1.82) is 0 Å². The Kier molecular flexibility index (Phi) is 4.24. The average molecular weight is 262 g/mol. The summed E-state index contributed by atoms with van der Waals surface area (Å²) >= 11 is 0. The normalized spacial score (nSPS) is 13.9. The molecular weight excluding hydrogens is 240 g/mol. The largest absolute Gasteiger partial charge is 0.394 e. The van der Waals surface area contributed by atoms with E-state index in [0.29, 0.717) is 6.54 Å². The van der Waals surface area contributed by atoms with Gasteiger partial charge in [0.05, 0.1) is 12.7 Å². The summed E-state index contributed by atoms with van der Waals surface area (Å²) in [5.41, 5.74) is 2.35. The molecule has 0 radical (unpaired) electrons. The van der Waals surface area contributed by atoms with E-state index >= 15 is 0 Å². The summed E-state index contributed by atoms with van der Waals surface area (Å²) in [6.07, 6.45) is 1.35. The number of rotatable bonds is 6. The topological polar surface area (TPSA) is 68.3 Å². The molecular formula is C15H22N2O2. The summed E-state index contributed by atoms with van der Waals surface area (Å²) in [4.78, 5) is 3.29. The highest BCUT2D eigenvalue weighted by Crippen LogP contribution is 2.29. The Morgan fingerprint density at radius 3 is 2.79 bits per heavy atom. The van der Waals surface area contributed by atoms with Crippen molar-refractivity contribution in [3.63, 3.8) is 0 Å². The van der Waals surface area contributed by atoms with E-state index in [9.17, 15) is 5.11 Å². The molecule has 1 unspecified atom stereocenters. The number of benzene rings is 1. The van der Waals surface area contributed by atoms with Crippen molar-refractivity contribution in [2.45, 2.75) is 25.4 Å². The van der Waals surface area contributed by atoms with E-state index in [0.717, 1.165) is 12.1 Å². The maximum Gasteiger partial charge on any atom is 0.0894 e. The van der Waals surface area contributed by atoms with Gasteiger partial charge in [-0.15, -0.1) is 0 Å². The molecule has 0 saturated heterocycles. The Morgan fingerprint density at radius 2 is 2.05 bits per heavy atom. The molecule has 4 nitrogen and oxygen atoms in total. The number of aliphatic hydroxyl groups is 2. The molecule has 0 aliphatic heterocycles. The van der Waals surface area contributed by atoms with Crippen LogP contribution in [0, 0.1) is 0 Å². The van der Waals surface area contributed by atoms with Crippen LogP contribution in [-0.4, -0.2) is 41.0 Å². The van der Waals surface area contributed by atoms with Crippen LogP contribution in [0.15, 0.2) is 30.5 Å². The molecule has 1 aromatic carbocycles. The fraction of sp³-hybridized carbons (Fsp3) is 0.467. The quantitative estimate of drug-likeness (QED) is 0.636. The molecule has 104 valence electrons. The molecule has 0 fully saturated rings. The Balaban J connectivity index is 2.10. The zero-order valence-corrected chi connectivity index (χ0v) is 11.5. The molecule has 0 aliphatic rings. The minimum atomic E-state index is -0.696. The number of fused-ring (bicyclic) bond motifs is 1. The van der Waals surface area contributed by atoms with Crippen LogP contribution in [0.3, 0.4) is 0 Å². The lowest BCUT2D eigenvalue weighted by molar-refractivity contribution is 0.0934. The van der Waals surface area contributed by atoms with Gasteiger partial charge >= 0.3 is 0 Å². The second kappa shape index (κ2) is 5.74. The number of nitrogens with one attached hydrogen (secondary N) is 2. The van der Waals surface area contributed by atoms with Crippen molar-refractivity contribution in [3.05, 3.63) is 36.0 Å². The second-order valence-electron chi connectivity index (χ2n) is 5.60. The van der Waals surface area contributed by atoms with Crippen molar-refractivity contribution in [2.75, 3.05) is 19.7 Å². The molecule has 4 N–H and O–H groups in total. The number of aromatic nitrogens is 1. The smallest absolute Gasteiger partial charge is 0.0894 e. The minimum Gasteiger partial charge on any atom is -0.394 e. The molecule has 1 heterocycles. The van der Waals surface area contributed by atoms with E-state index in [1.807, 2.05) is 12.1 Å². The zero-order valence-electron chi connectivity index (χ0n) is 11.5. The minimum absolute atomic E-state index is 0.0468. The van der Waals surface area contributed by atoms with Crippen LogP contribution in [0.1, 0.15) is 19.4 Å². The van der Waals surface area contributed by atoms with E-state index < -0.39 is 6.10 Å². The van der Waals surface area contributed by atoms with Crippen molar-refractivity contribution < 1.29 is 10.2 Å². The molecule has 0 saturated carbocycles. The maximum atomic E-state index is 9.34. The molecule has 2 rings (SSSR count). The SMILES string of the molecule is CC(C)(CNCC(O)CO)c1c[nH]c2ccccc12. The van der Waals surface area contributed by atoms with Crippen LogP contribution < -0.4 is 5.32 Å². The summed E-state index contributed by atoms with van der Waals surface area (Å²) in [5.74, 6) is 0. The van der Waals surface area contributed by atoms with Crippen LogP contribution in [0.25, 0.3) is 10.9 Å². The zero-order chi connectivity index (χ0) is 13.9. The monoisotopic (exact) mass is 262 g/mol. The van der Waals surface area contributed by atoms with Gasteiger partial charge in [0.25, 0.3) is 0 Å². The van der Waals surface area contributed by atoms with Gasteiger partial charge in [0, 0.05) is 35.6 Å². The fourth-order valence-electron chi connectivity index (χ4n) is 2.34. The molecule has 0 aliphatic carbocycles. The molecule has 0 bridgehead atoms. The lowest BCUT2D eigenvalue weighted by Gasteiger charge is -2.25. The van der Waals surface area contributed by atoms with Crippen molar-refractivity contribution in [2.24, 2.45) is 0 Å². The maximum absolute atomic E-state index is 9.34. The number of aromatic amines is 1. The van der Waals surface area contributed by atoms with Crippen LogP contribution in [0.4, 0.5) is 0 Å². The van der Waals surface area contributed by atoms with Crippen molar-refractivity contribution in [3.8, 4) is 0 Å². The second-order valence-corrected chi connectivity index (χ2v) is 5.60. The number of hydrogen-bond donors (Lipinski definition) is 4. The van der Waals surface area contributed by atoms with Gasteiger partial charge in [-0.2, -0.15) is 0 Å². The molecule has 0 spiro atoms. The van der Waals surface area contributed by atoms with Crippen LogP contribution in [0.5, 0.6) is 0 Å². The number of aliphatic hydroxyl groups excluding tert-OH is 2. The van der Waals surface area contributed by atoms with Gasteiger partial charge in [0.2, 0.25) is 0 Å². The first-order valence-corrected chi connectivity index (χ1v) is 6.61. The first-order chi connectivity index (χ1) is 9.04. The Morgan fingerprint density at radius 1 is 1.32 bits per heavy atom. The van der Waals surface area contributed by atoms with Crippen LogP contribution in [-0.2, 0) is 5.41 Å². The van der Waals surface area contributed by atoms with E-state index in [1.165, 1.54) is 10.9 Å². The predicted molar refractivity (Wildman–Crippen MR) is 77.3 cm³/mol. The highest BCUT2D eigenvalue weighted by Gasteiger charge is 2.23. The highest BCUT2D eigenvalue weighted by molar-refractivity contribution is 5.84. The summed E-state index contributed by atoms with van der Waals surface area (Å²) in [6, 6.07) is 8.24. The fourth-order valence-corrected chi connectivity index (χ4v) is 2.34. The van der Waals surface area contributed by atoms with E-state index in [2.05, 4.69) is 42.5 Å². The molecule has 19 heavy (non-hydrogen) atoms. The molecule has 4 heteroatoms. The molecule has 1 atom stereocenters. The van der Waals surface area contributed by atoms with Crippen molar-refractivity contribution >= 4 is 10.9 Å². The van der Waals surface area contributed by atoms with Gasteiger partial charge in [-0.1, -0.05) is 32.0 Å². The number of H-pyrrole nitrogens is 1. The summed E-state index contributed by atoms with van der Waals surface area (Å²) < 4.78 is 0. The first-order valence-electron chi connectivity index (χ1n) is 6.61. The van der Waals surface area contributed by atoms with E-state index in [-0.39, 0.29) is 12.0 Å². The van der Waals surface area contributed by atoms with Gasteiger partial charge < -0.3 is 20.5 Å². The number of hydrogen-bond acceptors (Lipinski definition) is 3. The van der Waals surface area contributed by atoms with Crippen LogP contribution in [0.2, 0.25) is 0 Å². The van der Waals surface area contributed by atoms with Gasteiger partial charge in [-0.3, -0.25) is 0 Å². The van der Waals surface area contributed by atoms with Gasteiger partial charge in [-0.05, 0) is 11.6 Å². The Bertz CT molecular complexity index is 534. The van der Waals surface area contributed by atoms with E-state index in [4.69, 9.17) is 5.11 Å². The predicted octanol–water partition coefficient (Wildman–Crippen LogP) is 1.39. The molecule has 2 aromatic rings. The van der Waals surface area contributed by atoms with Gasteiger partial charge in [0.15, 0.2) is 0 Å². The summed E-state index contributed by atoms with van der Waals surface area (Å²) in [6.45, 7) is 5.27. The first kappa shape index (κ1) is 14.1. The average Bonchev–Trinajstić information content (AvgIpc) is 2.82. The van der Waals surface area contributed by atoms with Crippen molar-refractivity contribution in [1.82, 2.24) is 10.3 Å². The molecule has 0 amide bonds. The van der Waals surface area contributed by atoms with Crippen LogP contribution >= 0.6 is 0 Å². The third-order valence-electron chi connectivity index (χ3n) is 3.48. The summed E-state index contributed by atoms with van der Waals surface area (Å²) in [5, 5.41) is 22.6. The third kappa shape index (κ3) is 3.15. The lowest BCUT2D eigenvalue weighted by atomic mass is 9.84. The van der Waals surface area contributed by atoms with E-state index in [1.54, 1.807) is 0 Å².